The van der Waals surface area contributed by atoms with Crippen molar-refractivity contribution in [1.29, 1.82) is 0 Å². The minimum absolute atomic E-state index is 0.00644. The molecule has 2 rings (SSSR count). The lowest BCUT2D eigenvalue weighted by Crippen LogP contribution is -2.40. The monoisotopic (exact) mass is 339 g/mol. The molecular weight excluding hydrogens is 314 g/mol. The van der Waals surface area contributed by atoms with E-state index in [1.807, 2.05) is 36.4 Å². The third kappa shape index (κ3) is 5.14. The zero-order chi connectivity index (χ0) is 18.4. The molecule has 1 heterocycles. The number of carbonyl (C=O) groups excluding carboxylic acids is 2. The van der Waals surface area contributed by atoms with Gasteiger partial charge in [-0.2, -0.15) is 0 Å². The highest BCUT2D eigenvalue weighted by Gasteiger charge is 2.24. The lowest BCUT2D eigenvalue weighted by molar-refractivity contribution is -0.123. The molecule has 0 atom stereocenters. The van der Waals surface area contributed by atoms with Gasteiger partial charge in [0.25, 0.3) is 0 Å². The Kier molecular flexibility index (Phi) is 5.91. The van der Waals surface area contributed by atoms with Crippen LogP contribution in [0.25, 0.3) is 0 Å². The maximum absolute atomic E-state index is 12.3. The van der Waals surface area contributed by atoms with Gasteiger partial charge in [-0.25, -0.2) is 0 Å². The largest absolute Gasteiger partial charge is 0.350 e. The van der Waals surface area contributed by atoms with Gasteiger partial charge in [-0.1, -0.05) is 39.0 Å². The summed E-state index contributed by atoms with van der Waals surface area (Å²) in [6, 6.07) is 11.4. The van der Waals surface area contributed by atoms with Gasteiger partial charge in [-0.3, -0.25) is 14.6 Å². The van der Waals surface area contributed by atoms with Crippen molar-refractivity contribution < 1.29 is 9.59 Å². The van der Waals surface area contributed by atoms with E-state index in [0.29, 0.717) is 6.54 Å². The third-order valence-corrected chi connectivity index (χ3v) is 3.92. The third-order valence-electron chi connectivity index (χ3n) is 3.92. The van der Waals surface area contributed by atoms with Gasteiger partial charge in [0.1, 0.15) is 6.54 Å². The van der Waals surface area contributed by atoms with E-state index in [9.17, 15) is 9.59 Å². The first kappa shape index (κ1) is 18.6. The maximum Gasteiger partial charge on any atom is 0.240 e. The van der Waals surface area contributed by atoms with Gasteiger partial charge in [0.05, 0.1) is 0 Å². The van der Waals surface area contributed by atoms with Crippen LogP contribution in [0.1, 0.15) is 38.8 Å². The molecule has 0 aliphatic rings. The number of pyridine rings is 1. The van der Waals surface area contributed by atoms with E-state index in [4.69, 9.17) is 0 Å². The minimum Gasteiger partial charge on any atom is -0.350 e. The van der Waals surface area contributed by atoms with Crippen LogP contribution in [-0.2, 0) is 21.5 Å². The smallest absolute Gasteiger partial charge is 0.240 e. The summed E-state index contributed by atoms with van der Waals surface area (Å²) in [5.41, 5.74) is 2.65. The number of amides is 2. The van der Waals surface area contributed by atoms with Crippen molar-refractivity contribution in [2.24, 2.45) is 0 Å². The Morgan fingerprint density at radius 1 is 1.08 bits per heavy atom. The Hall–Kier alpha value is -2.69. The molecule has 2 aromatic rings. The summed E-state index contributed by atoms with van der Waals surface area (Å²) in [5, 5.41) is 2.85. The first-order valence-corrected chi connectivity index (χ1v) is 8.32. The van der Waals surface area contributed by atoms with E-state index < -0.39 is 0 Å². The van der Waals surface area contributed by atoms with Crippen LogP contribution in [0.15, 0.2) is 48.8 Å². The average molecular weight is 339 g/mol. The highest BCUT2D eigenvalue weighted by molar-refractivity contribution is 5.98. The summed E-state index contributed by atoms with van der Waals surface area (Å²) in [7, 11) is 0. The number of para-hydroxylation sites is 1. The van der Waals surface area contributed by atoms with Crippen molar-refractivity contribution in [1.82, 2.24) is 10.3 Å². The lowest BCUT2D eigenvalue weighted by atomic mass is 9.85. The molecule has 1 aromatic heterocycles. The molecule has 2 amide bonds. The fourth-order valence-electron chi connectivity index (χ4n) is 2.61. The molecule has 0 saturated carbocycles. The first-order chi connectivity index (χ1) is 11.8. The second-order valence-corrected chi connectivity index (χ2v) is 7.00. The average Bonchev–Trinajstić information content (AvgIpc) is 2.58. The Morgan fingerprint density at radius 3 is 2.32 bits per heavy atom. The summed E-state index contributed by atoms with van der Waals surface area (Å²) in [5.74, 6) is -0.355. The molecular formula is C20H25N3O2. The number of hydrogen-bond acceptors (Lipinski definition) is 3. The number of benzene rings is 1. The molecule has 1 N–H and O–H groups in total. The number of carbonyl (C=O) groups is 2. The van der Waals surface area contributed by atoms with Gasteiger partial charge in [0.2, 0.25) is 11.8 Å². The number of nitrogens with one attached hydrogen (secondary N) is 1. The van der Waals surface area contributed by atoms with E-state index in [2.05, 4.69) is 31.1 Å². The van der Waals surface area contributed by atoms with Crippen LogP contribution < -0.4 is 10.2 Å². The molecule has 25 heavy (non-hydrogen) atoms. The summed E-state index contributed by atoms with van der Waals surface area (Å²) < 4.78 is 0. The molecule has 0 unspecified atom stereocenters. The lowest BCUT2D eigenvalue weighted by Gasteiger charge is -2.29. The predicted molar refractivity (Wildman–Crippen MR) is 99.3 cm³/mol. The van der Waals surface area contributed by atoms with Crippen LogP contribution in [0, 0.1) is 0 Å². The SMILES string of the molecule is CC(=O)N(CC(=O)NCc1ccncc1)c1ccccc1C(C)(C)C. The Morgan fingerprint density at radius 2 is 1.72 bits per heavy atom. The normalized spacial score (nSPS) is 11.0. The van der Waals surface area contributed by atoms with E-state index >= 15 is 0 Å². The summed E-state index contributed by atoms with van der Waals surface area (Å²) in [6.45, 7) is 8.16. The maximum atomic E-state index is 12.3. The molecule has 1 aromatic carbocycles. The second kappa shape index (κ2) is 7.92. The molecule has 0 aliphatic carbocycles. The molecule has 0 saturated heterocycles. The van der Waals surface area contributed by atoms with Crippen molar-refractivity contribution in [2.75, 3.05) is 11.4 Å². The van der Waals surface area contributed by atoms with Gasteiger partial charge in [0, 0.05) is 31.5 Å². The van der Waals surface area contributed by atoms with Crippen LogP contribution in [0.3, 0.4) is 0 Å². The van der Waals surface area contributed by atoms with Gasteiger partial charge in [-0.05, 0) is 34.7 Å². The van der Waals surface area contributed by atoms with Gasteiger partial charge >= 0.3 is 0 Å². The van der Waals surface area contributed by atoms with Crippen LogP contribution >= 0.6 is 0 Å². The van der Waals surface area contributed by atoms with Crippen molar-refractivity contribution >= 4 is 17.5 Å². The number of aromatic nitrogens is 1. The van der Waals surface area contributed by atoms with Crippen LogP contribution in [0.2, 0.25) is 0 Å². The van der Waals surface area contributed by atoms with Crippen LogP contribution in [0.5, 0.6) is 0 Å². The van der Waals surface area contributed by atoms with Gasteiger partial charge in [0.15, 0.2) is 0 Å². The number of hydrogen-bond donors (Lipinski definition) is 1. The van der Waals surface area contributed by atoms with Crippen LogP contribution in [0.4, 0.5) is 5.69 Å². The molecule has 132 valence electrons. The fraction of sp³-hybridized carbons (Fsp3) is 0.350. The topological polar surface area (TPSA) is 62.3 Å². The quantitative estimate of drug-likeness (QED) is 0.911. The van der Waals surface area contributed by atoms with Crippen molar-refractivity contribution in [3.05, 3.63) is 59.9 Å². The molecule has 0 fully saturated rings. The van der Waals surface area contributed by atoms with E-state index in [1.54, 1.807) is 12.4 Å². The molecule has 0 aliphatic heterocycles. The predicted octanol–water partition coefficient (Wildman–Crippen LogP) is 3.05. The Labute approximate surface area is 149 Å². The first-order valence-electron chi connectivity index (χ1n) is 8.32. The molecule has 0 spiro atoms. The molecule has 5 heteroatoms. The van der Waals surface area contributed by atoms with Crippen LogP contribution in [-0.4, -0.2) is 23.3 Å². The summed E-state index contributed by atoms with van der Waals surface area (Å²) in [4.78, 5) is 30.0. The standard InChI is InChI=1S/C20H25N3O2/c1-15(24)23(18-8-6-5-7-17(18)20(2,3)4)14-19(25)22-13-16-9-11-21-12-10-16/h5-12H,13-14H2,1-4H3,(H,22,25). The zero-order valence-electron chi connectivity index (χ0n) is 15.2. The van der Waals surface area contributed by atoms with Crippen molar-refractivity contribution in [3.8, 4) is 0 Å². The van der Waals surface area contributed by atoms with E-state index in [0.717, 1.165) is 16.8 Å². The zero-order valence-corrected chi connectivity index (χ0v) is 15.2. The highest BCUT2D eigenvalue weighted by Crippen LogP contribution is 2.31. The fourth-order valence-corrected chi connectivity index (χ4v) is 2.61. The molecule has 0 bridgehead atoms. The Balaban J connectivity index is 2.14. The minimum atomic E-state index is -0.198. The van der Waals surface area contributed by atoms with E-state index in [-0.39, 0.29) is 23.8 Å². The van der Waals surface area contributed by atoms with Gasteiger partial charge in [-0.15, -0.1) is 0 Å². The number of nitrogens with zero attached hydrogens (tertiary/aromatic N) is 2. The van der Waals surface area contributed by atoms with Crippen molar-refractivity contribution in [3.63, 3.8) is 0 Å². The highest BCUT2D eigenvalue weighted by atomic mass is 16.2. The summed E-state index contributed by atoms with van der Waals surface area (Å²) in [6.07, 6.45) is 3.37. The summed E-state index contributed by atoms with van der Waals surface area (Å²) >= 11 is 0. The number of rotatable bonds is 5. The van der Waals surface area contributed by atoms with E-state index in [1.165, 1.54) is 11.8 Å². The van der Waals surface area contributed by atoms with Crippen molar-refractivity contribution in [2.45, 2.75) is 39.7 Å². The number of anilines is 1. The molecule has 0 radical (unpaired) electrons. The second-order valence-electron chi connectivity index (χ2n) is 7.00. The molecule has 5 nitrogen and oxygen atoms in total. The Bertz CT molecular complexity index is 736. The van der Waals surface area contributed by atoms with Gasteiger partial charge < -0.3 is 10.2 Å².